The lowest BCUT2D eigenvalue weighted by atomic mass is 10.2. The summed E-state index contributed by atoms with van der Waals surface area (Å²) in [6, 6.07) is 2.79. The average Bonchev–Trinajstić information content (AvgIpc) is 2.25. The van der Waals surface area contributed by atoms with E-state index in [9.17, 15) is 0 Å². The molecule has 0 unspecified atom stereocenters. The molecule has 0 amide bonds. The van der Waals surface area contributed by atoms with Crippen molar-refractivity contribution in [3.05, 3.63) is 23.8 Å². The molecule has 0 atom stereocenters. The minimum atomic E-state index is -2.74. The van der Waals surface area contributed by atoms with Gasteiger partial charge in [0.1, 0.15) is 17.7 Å². The Hall–Kier alpha value is 0.0838. The highest BCUT2D eigenvalue weighted by atomic mass is 35.8. The van der Waals surface area contributed by atoms with Gasteiger partial charge < -0.3 is 13.6 Å². The molecule has 0 spiro atoms. The Kier molecular flexibility index (Phi) is 4.04. The number of fused-ring (bicyclic) bond motifs is 1. The fourth-order valence-electron chi connectivity index (χ4n) is 1.32. The Morgan fingerprint density at radius 3 is 2.94 bits per heavy atom. The molecule has 8 heteroatoms. The van der Waals surface area contributed by atoms with Crippen LogP contribution in [0.5, 0.6) is 11.5 Å². The smallest absolute Gasteiger partial charge is 0.377 e. The molecule has 0 saturated carbocycles. The van der Waals surface area contributed by atoms with E-state index in [1.807, 2.05) is 18.2 Å². The third-order valence-electron chi connectivity index (χ3n) is 1.99. The molecule has 0 N–H and O–H groups in total. The molecule has 1 aliphatic heterocycles. The predicted octanol–water partition coefficient (Wildman–Crippen LogP) is 2.17. The van der Waals surface area contributed by atoms with Crippen LogP contribution in [-0.4, -0.2) is 22.2 Å². The first-order valence-electron chi connectivity index (χ1n) is 4.58. The van der Waals surface area contributed by atoms with E-state index < -0.39 is 16.0 Å². The van der Waals surface area contributed by atoms with Gasteiger partial charge in [-0.3, -0.25) is 0 Å². The summed E-state index contributed by atoms with van der Waals surface area (Å²) < 4.78 is 16.1. The van der Waals surface area contributed by atoms with Crippen molar-refractivity contribution in [1.29, 1.82) is 0 Å². The highest BCUT2D eigenvalue weighted by molar-refractivity contribution is 7.64. The summed E-state index contributed by atoms with van der Waals surface area (Å²) in [5.41, 5.74) is 0.974. The van der Waals surface area contributed by atoms with Gasteiger partial charge in [-0.15, -0.1) is 33.2 Å². The zero-order valence-corrected chi connectivity index (χ0v) is 12.9. The van der Waals surface area contributed by atoms with E-state index in [-0.39, 0.29) is 6.23 Å². The molecule has 1 heterocycles. The average molecular weight is 316 g/mol. The molecular weight excluding hydrogens is 307 g/mol. The second kappa shape index (κ2) is 5.16. The summed E-state index contributed by atoms with van der Waals surface area (Å²) in [4.78, 5) is 0. The summed E-state index contributed by atoms with van der Waals surface area (Å²) in [5.74, 6) is 1.55. The summed E-state index contributed by atoms with van der Waals surface area (Å²) in [6.45, 7) is 0.573. The Balaban J connectivity index is 2.06. The minimum absolute atomic E-state index is 0.146. The molecule has 0 radical (unpaired) electrons. The highest BCUT2D eigenvalue weighted by Crippen LogP contribution is 2.28. The Labute approximate surface area is 111 Å². The Morgan fingerprint density at radius 2 is 2.19 bits per heavy atom. The van der Waals surface area contributed by atoms with Crippen LogP contribution < -0.4 is 9.16 Å². The molecule has 1 aromatic rings. The molecule has 0 saturated heterocycles. The fraction of sp³-hybridized carbons (Fsp3) is 0.250. The lowest BCUT2D eigenvalue weighted by Gasteiger charge is -2.19. The third kappa shape index (κ3) is 3.54. The van der Waals surface area contributed by atoms with Crippen LogP contribution in [0, 0.1) is 0 Å². The third-order valence-corrected chi connectivity index (χ3v) is 4.24. The van der Waals surface area contributed by atoms with E-state index in [1.165, 1.54) is 0 Å². The van der Waals surface area contributed by atoms with Crippen LogP contribution in [0.15, 0.2) is 18.2 Å². The molecule has 1 aliphatic rings. The molecule has 16 heavy (non-hydrogen) atoms. The van der Waals surface area contributed by atoms with Crippen molar-refractivity contribution in [2.75, 3.05) is 6.23 Å². The molecule has 0 aromatic heterocycles. The van der Waals surface area contributed by atoms with Crippen LogP contribution >= 0.6 is 33.2 Å². The van der Waals surface area contributed by atoms with Crippen LogP contribution in [-0.2, 0) is 11.0 Å². The zero-order valence-electron chi connectivity index (χ0n) is 8.21. The number of halogens is 3. The van der Waals surface area contributed by atoms with E-state index >= 15 is 0 Å². The van der Waals surface area contributed by atoms with Gasteiger partial charge in [-0.2, -0.15) is 0 Å². The summed E-state index contributed by atoms with van der Waals surface area (Å²) in [6.07, 6.45) is 0.146. The van der Waals surface area contributed by atoms with Gasteiger partial charge in [-0.05, 0) is 18.2 Å². The number of rotatable bonds is 3. The van der Waals surface area contributed by atoms with Crippen LogP contribution in [0.4, 0.5) is 0 Å². The largest absolute Gasteiger partial charge is 0.524 e. The van der Waals surface area contributed by atoms with Gasteiger partial charge in [0.15, 0.2) is 0 Å². The zero-order chi connectivity index (χ0) is 11.6. The molecule has 2 rings (SSSR count). The van der Waals surface area contributed by atoms with E-state index in [2.05, 4.69) is 0 Å². The SMILES string of the molecule is Cl[Si](Cl)(Cl)COc1ccc2c(c1)CO[SiH2]O2. The van der Waals surface area contributed by atoms with Crippen LogP contribution in [0.2, 0.25) is 0 Å². The molecular formula is C8H9Cl3O3Si2. The fourth-order valence-corrected chi connectivity index (χ4v) is 2.94. The maximum absolute atomic E-state index is 5.73. The first-order valence-corrected chi connectivity index (χ1v) is 11.0. The van der Waals surface area contributed by atoms with E-state index in [4.69, 9.17) is 46.8 Å². The van der Waals surface area contributed by atoms with Crippen molar-refractivity contribution in [2.45, 2.75) is 6.61 Å². The van der Waals surface area contributed by atoms with Crippen LogP contribution in [0.25, 0.3) is 0 Å². The second-order valence-electron chi connectivity index (χ2n) is 3.28. The Bertz CT molecular complexity index is 383. The van der Waals surface area contributed by atoms with Crippen molar-refractivity contribution < 1.29 is 13.6 Å². The van der Waals surface area contributed by atoms with Gasteiger partial charge in [0.05, 0.1) is 6.61 Å². The molecule has 0 bridgehead atoms. The van der Waals surface area contributed by atoms with Crippen molar-refractivity contribution in [3.63, 3.8) is 0 Å². The van der Waals surface area contributed by atoms with E-state index in [0.717, 1.165) is 11.3 Å². The molecule has 0 fully saturated rings. The van der Waals surface area contributed by atoms with Crippen LogP contribution in [0.1, 0.15) is 5.56 Å². The molecule has 88 valence electrons. The molecule has 0 aliphatic carbocycles. The highest BCUT2D eigenvalue weighted by Gasteiger charge is 2.26. The number of benzene rings is 1. The number of hydrogen-bond donors (Lipinski definition) is 0. The maximum atomic E-state index is 5.73. The van der Waals surface area contributed by atoms with Crippen molar-refractivity contribution >= 4 is 49.2 Å². The maximum Gasteiger partial charge on any atom is 0.377 e. The number of ether oxygens (including phenoxy) is 1. The molecule has 1 aromatic carbocycles. The topological polar surface area (TPSA) is 27.7 Å². The summed E-state index contributed by atoms with van der Waals surface area (Å²) >= 11 is 17.2. The molecule has 3 nitrogen and oxygen atoms in total. The predicted molar refractivity (Wildman–Crippen MR) is 69.2 cm³/mol. The van der Waals surface area contributed by atoms with Crippen molar-refractivity contribution in [2.24, 2.45) is 0 Å². The van der Waals surface area contributed by atoms with Gasteiger partial charge >= 0.3 is 16.0 Å². The van der Waals surface area contributed by atoms with Crippen molar-refractivity contribution in [1.82, 2.24) is 0 Å². The minimum Gasteiger partial charge on any atom is -0.524 e. The van der Waals surface area contributed by atoms with E-state index in [0.29, 0.717) is 12.4 Å². The first-order chi connectivity index (χ1) is 7.54. The summed E-state index contributed by atoms with van der Waals surface area (Å²) in [7, 11) is -0.844. The van der Waals surface area contributed by atoms with Gasteiger partial charge in [-0.25, -0.2) is 0 Å². The normalized spacial score (nSPS) is 16.7. The monoisotopic (exact) mass is 314 g/mol. The number of hydrogen-bond acceptors (Lipinski definition) is 3. The van der Waals surface area contributed by atoms with Gasteiger partial charge in [0.2, 0.25) is 0 Å². The van der Waals surface area contributed by atoms with Crippen LogP contribution in [0.3, 0.4) is 0 Å². The Morgan fingerprint density at radius 1 is 1.38 bits per heavy atom. The van der Waals surface area contributed by atoms with Crippen molar-refractivity contribution in [3.8, 4) is 11.5 Å². The first kappa shape index (κ1) is 12.5. The lowest BCUT2D eigenvalue weighted by molar-refractivity contribution is 0.251. The standard InChI is InChI=1S/C8H9Cl3O3Si2/c9-16(10,11)5-12-7-1-2-8-6(3-7)4-13-15-14-8/h1-3H,4-5,15H2. The van der Waals surface area contributed by atoms with Gasteiger partial charge in [-0.1, -0.05) is 0 Å². The quantitative estimate of drug-likeness (QED) is 0.632. The summed E-state index contributed by atoms with van der Waals surface area (Å²) in [5, 5.41) is 0. The second-order valence-corrected chi connectivity index (χ2v) is 13.3. The van der Waals surface area contributed by atoms with E-state index in [1.54, 1.807) is 0 Å². The van der Waals surface area contributed by atoms with Gasteiger partial charge in [0, 0.05) is 5.56 Å². The van der Waals surface area contributed by atoms with Gasteiger partial charge in [0.25, 0.3) is 0 Å². The lowest BCUT2D eigenvalue weighted by Crippen LogP contribution is -2.22.